The summed E-state index contributed by atoms with van der Waals surface area (Å²) >= 11 is 3.61. The first-order valence-electron chi connectivity index (χ1n) is 5.96. The summed E-state index contributed by atoms with van der Waals surface area (Å²) in [5.41, 5.74) is 2.77. The first-order chi connectivity index (χ1) is 7.83. The van der Waals surface area contributed by atoms with Gasteiger partial charge in [-0.15, -0.1) is 0 Å². The van der Waals surface area contributed by atoms with Crippen molar-refractivity contribution in [2.24, 2.45) is 0 Å². The molecule has 0 aromatic heterocycles. The lowest BCUT2D eigenvalue weighted by Gasteiger charge is -2.32. The summed E-state index contributed by atoms with van der Waals surface area (Å²) in [4.78, 5) is 2.24. The second-order valence-corrected chi connectivity index (χ2v) is 6.26. The minimum atomic E-state index is 0.178. The zero-order valence-corrected chi connectivity index (χ0v) is 13.1. The zero-order valence-electron chi connectivity index (χ0n) is 11.5. The lowest BCUT2D eigenvalue weighted by molar-refractivity contribution is 0.189. The van der Waals surface area contributed by atoms with Crippen molar-refractivity contribution in [3.63, 3.8) is 0 Å². The van der Waals surface area contributed by atoms with E-state index in [0.717, 1.165) is 13.1 Å². The molecule has 0 atom stereocenters. The Bertz CT molecular complexity index is 372. The van der Waals surface area contributed by atoms with Crippen LogP contribution in [0.15, 0.2) is 22.7 Å². The maximum atomic E-state index is 3.61. The molecule has 2 nitrogen and oxygen atoms in total. The molecule has 0 aliphatic rings. The average Bonchev–Trinajstić information content (AvgIpc) is 2.21. The van der Waals surface area contributed by atoms with E-state index < -0.39 is 0 Å². The van der Waals surface area contributed by atoms with Crippen molar-refractivity contribution in [2.75, 3.05) is 20.6 Å². The van der Waals surface area contributed by atoms with Gasteiger partial charge in [-0.1, -0.05) is 28.1 Å². The van der Waals surface area contributed by atoms with Crippen LogP contribution in [-0.4, -0.2) is 31.1 Å². The third-order valence-electron chi connectivity index (χ3n) is 3.29. The van der Waals surface area contributed by atoms with Gasteiger partial charge < -0.3 is 10.2 Å². The number of nitrogens with zero attached hydrogens (tertiary/aromatic N) is 1. The lowest BCUT2D eigenvalue weighted by Crippen LogP contribution is -2.46. The molecular formula is C14H23BrN2. The van der Waals surface area contributed by atoms with Crippen LogP contribution in [0.2, 0.25) is 0 Å². The molecule has 0 fully saturated rings. The van der Waals surface area contributed by atoms with Crippen molar-refractivity contribution in [3.05, 3.63) is 33.8 Å². The fraction of sp³-hybridized carbons (Fsp3) is 0.571. The Morgan fingerprint density at radius 3 is 2.47 bits per heavy atom. The largest absolute Gasteiger partial charge is 0.311 e. The SMILES string of the molecule is Cc1ccc(CNCC(C)(C)N(C)C)c(Br)c1. The highest BCUT2D eigenvalue weighted by Gasteiger charge is 2.19. The van der Waals surface area contributed by atoms with Crippen molar-refractivity contribution in [3.8, 4) is 0 Å². The van der Waals surface area contributed by atoms with Crippen molar-refractivity contribution < 1.29 is 0 Å². The maximum Gasteiger partial charge on any atom is 0.0271 e. The van der Waals surface area contributed by atoms with Gasteiger partial charge in [0, 0.05) is 23.1 Å². The number of rotatable bonds is 5. The minimum Gasteiger partial charge on any atom is -0.311 e. The summed E-state index contributed by atoms with van der Waals surface area (Å²) in [5.74, 6) is 0. The summed E-state index contributed by atoms with van der Waals surface area (Å²) < 4.78 is 1.19. The van der Waals surface area contributed by atoms with Crippen molar-refractivity contribution in [1.29, 1.82) is 0 Å². The van der Waals surface area contributed by atoms with Crippen LogP contribution < -0.4 is 5.32 Å². The van der Waals surface area contributed by atoms with E-state index in [1.165, 1.54) is 15.6 Å². The molecule has 0 aliphatic carbocycles. The van der Waals surface area contributed by atoms with Crippen LogP contribution in [0.5, 0.6) is 0 Å². The Morgan fingerprint density at radius 1 is 1.29 bits per heavy atom. The average molecular weight is 299 g/mol. The third kappa shape index (κ3) is 4.41. The van der Waals surface area contributed by atoms with Gasteiger partial charge in [0.25, 0.3) is 0 Å². The standard InChI is InChI=1S/C14H23BrN2/c1-11-6-7-12(13(15)8-11)9-16-10-14(2,3)17(4)5/h6-8,16H,9-10H2,1-5H3. The summed E-state index contributed by atoms with van der Waals surface area (Å²) in [5, 5.41) is 3.51. The van der Waals surface area contributed by atoms with Gasteiger partial charge in [-0.25, -0.2) is 0 Å². The minimum absolute atomic E-state index is 0.178. The quantitative estimate of drug-likeness (QED) is 0.898. The molecule has 0 heterocycles. The molecule has 0 radical (unpaired) electrons. The molecule has 0 amide bonds. The second-order valence-electron chi connectivity index (χ2n) is 5.41. The normalized spacial score (nSPS) is 12.2. The van der Waals surface area contributed by atoms with Crippen LogP contribution in [0.1, 0.15) is 25.0 Å². The Morgan fingerprint density at radius 2 is 1.94 bits per heavy atom. The van der Waals surface area contributed by atoms with Crippen LogP contribution in [0.4, 0.5) is 0 Å². The number of aryl methyl sites for hydroxylation is 1. The Labute approximate surface area is 114 Å². The number of likely N-dealkylation sites (N-methyl/N-ethyl adjacent to an activating group) is 1. The molecule has 0 saturated carbocycles. The summed E-state index contributed by atoms with van der Waals surface area (Å²) in [6, 6.07) is 6.49. The van der Waals surface area contributed by atoms with Gasteiger partial charge in [0.15, 0.2) is 0 Å². The van der Waals surface area contributed by atoms with Gasteiger partial charge >= 0.3 is 0 Å². The molecule has 17 heavy (non-hydrogen) atoms. The summed E-state index contributed by atoms with van der Waals surface area (Å²) in [6.07, 6.45) is 0. The highest BCUT2D eigenvalue weighted by atomic mass is 79.9. The lowest BCUT2D eigenvalue weighted by atomic mass is 10.0. The van der Waals surface area contributed by atoms with E-state index in [9.17, 15) is 0 Å². The Balaban J connectivity index is 2.51. The molecule has 3 heteroatoms. The predicted octanol–water partition coefficient (Wildman–Crippen LogP) is 3.19. The Kier molecular flexibility index (Phi) is 5.17. The number of benzene rings is 1. The van der Waals surface area contributed by atoms with Gasteiger partial charge in [-0.2, -0.15) is 0 Å². The van der Waals surface area contributed by atoms with Gasteiger partial charge in [0.2, 0.25) is 0 Å². The fourth-order valence-corrected chi connectivity index (χ4v) is 2.09. The maximum absolute atomic E-state index is 3.61. The molecular weight excluding hydrogens is 276 g/mol. The smallest absolute Gasteiger partial charge is 0.0271 e. The zero-order chi connectivity index (χ0) is 13.1. The molecule has 0 aliphatic heterocycles. The van der Waals surface area contributed by atoms with E-state index in [2.05, 4.69) is 79.2 Å². The van der Waals surface area contributed by atoms with Crippen LogP contribution >= 0.6 is 15.9 Å². The van der Waals surface area contributed by atoms with Crippen LogP contribution in [-0.2, 0) is 6.54 Å². The first-order valence-corrected chi connectivity index (χ1v) is 6.75. The summed E-state index contributed by atoms with van der Waals surface area (Å²) in [7, 11) is 4.23. The number of hydrogen-bond acceptors (Lipinski definition) is 2. The molecule has 0 saturated heterocycles. The fourth-order valence-electron chi connectivity index (χ4n) is 1.46. The predicted molar refractivity (Wildman–Crippen MR) is 78.4 cm³/mol. The van der Waals surface area contributed by atoms with Crippen molar-refractivity contribution in [2.45, 2.75) is 32.9 Å². The molecule has 1 rings (SSSR count). The highest BCUT2D eigenvalue weighted by Crippen LogP contribution is 2.18. The van der Waals surface area contributed by atoms with E-state index >= 15 is 0 Å². The number of hydrogen-bond donors (Lipinski definition) is 1. The van der Waals surface area contributed by atoms with E-state index in [0.29, 0.717) is 0 Å². The molecule has 0 unspecified atom stereocenters. The number of halogens is 1. The van der Waals surface area contributed by atoms with Gasteiger partial charge in [-0.05, 0) is 52.1 Å². The molecule has 0 spiro atoms. The second kappa shape index (κ2) is 5.98. The van der Waals surface area contributed by atoms with E-state index in [1.807, 2.05) is 0 Å². The highest BCUT2D eigenvalue weighted by molar-refractivity contribution is 9.10. The van der Waals surface area contributed by atoms with Crippen molar-refractivity contribution >= 4 is 15.9 Å². The van der Waals surface area contributed by atoms with Crippen LogP contribution in [0.25, 0.3) is 0 Å². The monoisotopic (exact) mass is 298 g/mol. The summed E-state index contributed by atoms with van der Waals surface area (Å²) in [6.45, 7) is 8.46. The van der Waals surface area contributed by atoms with Gasteiger partial charge in [-0.3, -0.25) is 0 Å². The first kappa shape index (κ1) is 14.7. The molecule has 1 aromatic rings. The number of nitrogens with one attached hydrogen (secondary N) is 1. The molecule has 1 N–H and O–H groups in total. The van der Waals surface area contributed by atoms with Crippen LogP contribution in [0, 0.1) is 6.92 Å². The third-order valence-corrected chi connectivity index (χ3v) is 4.03. The van der Waals surface area contributed by atoms with Gasteiger partial charge in [0.05, 0.1) is 0 Å². The van der Waals surface area contributed by atoms with E-state index in [4.69, 9.17) is 0 Å². The molecule has 1 aromatic carbocycles. The topological polar surface area (TPSA) is 15.3 Å². The Hall–Kier alpha value is -0.380. The molecule has 96 valence electrons. The van der Waals surface area contributed by atoms with E-state index in [1.54, 1.807) is 0 Å². The van der Waals surface area contributed by atoms with Gasteiger partial charge in [0.1, 0.15) is 0 Å². The van der Waals surface area contributed by atoms with E-state index in [-0.39, 0.29) is 5.54 Å². The molecule has 0 bridgehead atoms. The van der Waals surface area contributed by atoms with Crippen LogP contribution in [0.3, 0.4) is 0 Å². The van der Waals surface area contributed by atoms with Crippen molar-refractivity contribution in [1.82, 2.24) is 10.2 Å².